The van der Waals surface area contributed by atoms with Crippen molar-refractivity contribution in [2.75, 3.05) is 6.54 Å². The third-order valence-electron chi connectivity index (χ3n) is 3.25. The summed E-state index contributed by atoms with van der Waals surface area (Å²) < 4.78 is 5.69. The zero-order valence-corrected chi connectivity index (χ0v) is 11.8. The van der Waals surface area contributed by atoms with Crippen LogP contribution in [0.5, 0.6) is 0 Å². The van der Waals surface area contributed by atoms with Crippen LogP contribution in [0.2, 0.25) is 0 Å². The van der Waals surface area contributed by atoms with Crippen molar-refractivity contribution in [3.63, 3.8) is 0 Å². The molecule has 1 saturated heterocycles. The van der Waals surface area contributed by atoms with Gasteiger partial charge in [-0.05, 0) is 12.1 Å². The highest BCUT2D eigenvalue weighted by Crippen LogP contribution is 2.23. The number of rotatable bonds is 4. The first-order valence-electron chi connectivity index (χ1n) is 6.80. The Hall–Kier alpha value is -3.08. The Morgan fingerprint density at radius 1 is 1.14 bits per heavy atom. The summed E-state index contributed by atoms with van der Waals surface area (Å²) in [6, 6.07) is 12.8. The molecule has 22 heavy (non-hydrogen) atoms. The summed E-state index contributed by atoms with van der Waals surface area (Å²) in [5.74, 6) is 0.817. The quantitative estimate of drug-likeness (QED) is 0.535. The lowest BCUT2D eigenvalue weighted by atomic mass is 10.2. The number of hydrogen-bond acceptors (Lipinski definition) is 3. The topological polar surface area (TPSA) is 62.6 Å². The Bertz CT molecular complexity index is 759. The van der Waals surface area contributed by atoms with Crippen LogP contribution in [0.25, 0.3) is 17.4 Å². The second-order valence-corrected chi connectivity index (χ2v) is 4.76. The highest BCUT2D eigenvalue weighted by molar-refractivity contribution is 6.13. The van der Waals surface area contributed by atoms with Crippen molar-refractivity contribution < 1.29 is 14.0 Å². The van der Waals surface area contributed by atoms with Crippen LogP contribution in [-0.4, -0.2) is 23.4 Å². The molecule has 110 valence electrons. The van der Waals surface area contributed by atoms with Crippen LogP contribution >= 0.6 is 0 Å². The predicted molar refractivity (Wildman–Crippen MR) is 82.6 cm³/mol. The number of nitrogens with one attached hydrogen (secondary N) is 1. The van der Waals surface area contributed by atoms with E-state index in [2.05, 4.69) is 11.9 Å². The molecule has 0 radical (unpaired) electrons. The van der Waals surface area contributed by atoms with Gasteiger partial charge in [-0.15, -0.1) is 6.58 Å². The Morgan fingerprint density at radius 2 is 1.91 bits per heavy atom. The normalized spacial score (nSPS) is 16.2. The fourth-order valence-corrected chi connectivity index (χ4v) is 2.20. The Kier molecular flexibility index (Phi) is 3.62. The molecule has 0 unspecified atom stereocenters. The van der Waals surface area contributed by atoms with E-state index in [-0.39, 0.29) is 18.1 Å². The average Bonchev–Trinajstić information content (AvgIpc) is 3.09. The van der Waals surface area contributed by atoms with E-state index in [4.69, 9.17) is 4.42 Å². The van der Waals surface area contributed by atoms with Crippen LogP contribution in [0.15, 0.2) is 65.2 Å². The van der Waals surface area contributed by atoms with E-state index in [9.17, 15) is 9.59 Å². The Morgan fingerprint density at radius 3 is 2.64 bits per heavy atom. The number of carbonyl (C=O) groups is 2. The number of amides is 3. The molecule has 0 atom stereocenters. The molecule has 2 heterocycles. The summed E-state index contributed by atoms with van der Waals surface area (Å²) in [6.07, 6.45) is 3.02. The molecule has 1 aromatic heterocycles. The van der Waals surface area contributed by atoms with Crippen LogP contribution in [0, 0.1) is 0 Å². The minimum atomic E-state index is -0.453. The van der Waals surface area contributed by atoms with Gasteiger partial charge in [-0.1, -0.05) is 36.4 Å². The van der Waals surface area contributed by atoms with Crippen LogP contribution < -0.4 is 5.32 Å². The van der Waals surface area contributed by atoms with Crippen LogP contribution in [0.1, 0.15) is 5.76 Å². The fraction of sp³-hybridized carbons (Fsp3) is 0.0588. The lowest BCUT2D eigenvalue weighted by Gasteiger charge is -2.06. The van der Waals surface area contributed by atoms with E-state index >= 15 is 0 Å². The highest BCUT2D eigenvalue weighted by Gasteiger charge is 2.32. The number of carbonyl (C=O) groups excluding carboxylic acids is 2. The lowest BCUT2D eigenvalue weighted by Crippen LogP contribution is -2.30. The first-order chi connectivity index (χ1) is 10.7. The van der Waals surface area contributed by atoms with E-state index in [1.807, 2.05) is 36.4 Å². The SMILES string of the molecule is C=CCN1C(=O)N/C(=C/c2ccc(-c3ccccc3)o2)C1=O. The summed E-state index contributed by atoms with van der Waals surface area (Å²) in [7, 11) is 0. The van der Waals surface area contributed by atoms with Gasteiger partial charge in [0.05, 0.1) is 0 Å². The monoisotopic (exact) mass is 294 g/mol. The van der Waals surface area contributed by atoms with Crippen molar-refractivity contribution in [3.8, 4) is 11.3 Å². The molecule has 0 saturated carbocycles. The van der Waals surface area contributed by atoms with Gasteiger partial charge in [0.1, 0.15) is 17.2 Å². The molecule has 3 rings (SSSR count). The van der Waals surface area contributed by atoms with Gasteiger partial charge in [0.15, 0.2) is 0 Å². The van der Waals surface area contributed by atoms with Gasteiger partial charge in [-0.3, -0.25) is 9.69 Å². The molecule has 1 N–H and O–H groups in total. The minimum absolute atomic E-state index is 0.176. The van der Waals surface area contributed by atoms with Gasteiger partial charge in [0, 0.05) is 18.2 Å². The predicted octanol–water partition coefficient (Wildman–Crippen LogP) is 3.03. The second-order valence-electron chi connectivity index (χ2n) is 4.76. The Balaban J connectivity index is 1.85. The minimum Gasteiger partial charge on any atom is -0.457 e. The van der Waals surface area contributed by atoms with Gasteiger partial charge >= 0.3 is 6.03 Å². The van der Waals surface area contributed by atoms with E-state index in [1.165, 1.54) is 12.2 Å². The fourth-order valence-electron chi connectivity index (χ4n) is 2.20. The third kappa shape index (κ3) is 2.56. The lowest BCUT2D eigenvalue weighted by molar-refractivity contribution is -0.122. The standard InChI is InChI=1S/C17H14N2O3/c1-2-10-19-16(20)14(18-17(19)21)11-13-8-9-15(22-13)12-6-4-3-5-7-12/h2-9,11H,1,10H2,(H,18,21)/b14-11+. The van der Waals surface area contributed by atoms with E-state index in [1.54, 1.807) is 6.07 Å². The largest absolute Gasteiger partial charge is 0.457 e. The van der Waals surface area contributed by atoms with Crippen molar-refractivity contribution >= 4 is 18.0 Å². The number of urea groups is 1. The van der Waals surface area contributed by atoms with Crippen LogP contribution in [-0.2, 0) is 4.79 Å². The van der Waals surface area contributed by atoms with Gasteiger partial charge in [-0.25, -0.2) is 4.79 Å². The average molecular weight is 294 g/mol. The highest BCUT2D eigenvalue weighted by atomic mass is 16.3. The van der Waals surface area contributed by atoms with E-state index in [0.717, 1.165) is 10.5 Å². The maximum Gasteiger partial charge on any atom is 0.329 e. The molecule has 0 bridgehead atoms. The summed E-state index contributed by atoms with van der Waals surface area (Å²) in [4.78, 5) is 24.8. The molecule has 2 aromatic rings. The maximum atomic E-state index is 12.1. The van der Waals surface area contributed by atoms with Crippen LogP contribution in [0.4, 0.5) is 4.79 Å². The van der Waals surface area contributed by atoms with E-state index < -0.39 is 6.03 Å². The van der Waals surface area contributed by atoms with Gasteiger partial charge in [0.2, 0.25) is 0 Å². The molecule has 0 spiro atoms. The van der Waals surface area contributed by atoms with Gasteiger partial charge in [0.25, 0.3) is 5.91 Å². The summed E-state index contributed by atoms with van der Waals surface area (Å²) in [5.41, 5.74) is 1.14. The van der Waals surface area contributed by atoms with Crippen molar-refractivity contribution in [2.24, 2.45) is 0 Å². The number of furan rings is 1. The second kappa shape index (κ2) is 5.73. The molecule has 1 aliphatic rings. The molecule has 5 nitrogen and oxygen atoms in total. The van der Waals surface area contributed by atoms with Gasteiger partial charge < -0.3 is 9.73 Å². The summed E-state index contributed by atoms with van der Waals surface area (Å²) in [5, 5.41) is 2.53. The summed E-state index contributed by atoms with van der Waals surface area (Å²) in [6.45, 7) is 3.70. The van der Waals surface area contributed by atoms with Crippen molar-refractivity contribution in [2.45, 2.75) is 0 Å². The van der Waals surface area contributed by atoms with Gasteiger partial charge in [-0.2, -0.15) is 0 Å². The molecular formula is C17H14N2O3. The van der Waals surface area contributed by atoms with E-state index in [0.29, 0.717) is 11.5 Å². The zero-order chi connectivity index (χ0) is 15.5. The number of imide groups is 1. The third-order valence-corrected chi connectivity index (χ3v) is 3.25. The maximum absolute atomic E-state index is 12.1. The first-order valence-corrected chi connectivity index (χ1v) is 6.80. The molecule has 0 aliphatic carbocycles. The number of nitrogens with zero attached hydrogens (tertiary/aromatic N) is 1. The van der Waals surface area contributed by atoms with Crippen LogP contribution in [0.3, 0.4) is 0 Å². The molecule has 1 fully saturated rings. The zero-order valence-electron chi connectivity index (χ0n) is 11.8. The Labute approximate surface area is 127 Å². The molecule has 1 aliphatic heterocycles. The molecular weight excluding hydrogens is 280 g/mol. The summed E-state index contributed by atoms with van der Waals surface area (Å²) >= 11 is 0. The first kappa shape index (κ1) is 13.9. The molecule has 1 aromatic carbocycles. The van der Waals surface area contributed by atoms with Crippen molar-refractivity contribution in [1.82, 2.24) is 10.2 Å². The molecule has 5 heteroatoms. The number of hydrogen-bond donors (Lipinski definition) is 1. The van der Waals surface area contributed by atoms with Crippen molar-refractivity contribution in [1.29, 1.82) is 0 Å². The number of benzene rings is 1. The smallest absolute Gasteiger partial charge is 0.329 e. The molecule has 3 amide bonds. The van der Waals surface area contributed by atoms with Crippen molar-refractivity contribution in [3.05, 3.63) is 66.6 Å².